The molecule has 0 radical (unpaired) electrons. The monoisotopic (exact) mass is 141 g/mol. The average Bonchev–Trinajstić information content (AvgIpc) is 1.54. The number of hydrogen-bond donors (Lipinski definition) is 1. The van der Waals surface area contributed by atoms with Crippen LogP contribution < -0.4 is 5.73 Å². The summed E-state index contributed by atoms with van der Waals surface area (Å²) in [5.41, 5.74) is 5.83. The van der Waals surface area contributed by atoms with Crippen LogP contribution in [0.1, 0.15) is 33.1 Å². The molecule has 0 aliphatic heterocycles. The van der Waals surface area contributed by atoms with Gasteiger partial charge >= 0.3 is 0 Å². The molecule has 0 aromatic heterocycles. The molecule has 0 bridgehead atoms. The van der Waals surface area contributed by atoms with Crippen LogP contribution in [-0.4, -0.2) is 11.8 Å². The van der Waals surface area contributed by atoms with E-state index >= 15 is 0 Å². The SMILES string of the molecule is CC1(C)CC(=O)C[C@@H](N)C1. The largest absolute Gasteiger partial charge is 0.327 e. The summed E-state index contributed by atoms with van der Waals surface area (Å²) in [6.07, 6.45) is 2.28. The van der Waals surface area contributed by atoms with Crippen molar-refractivity contribution >= 4 is 5.78 Å². The van der Waals surface area contributed by atoms with Gasteiger partial charge in [0.1, 0.15) is 5.78 Å². The van der Waals surface area contributed by atoms with Gasteiger partial charge in [0.05, 0.1) is 0 Å². The Morgan fingerprint density at radius 1 is 1.60 bits per heavy atom. The van der Waals surface area contributed by atoms with E-state index in [1.54, 1.807) is 0 Å². The van der Waals surface area contributed by atoms with Gasteiger partial charge in [0.15, 0.2) is 0 Å². The van der Waals surface area contributed by atoms with Crippen molar-refractivity contribution in [3.05, 3.63) is 0 Å². The zero-order chi connectivity index (χ0) is 7.78. The van der Waals surface area contributed by atoms with Crippen molar-refractivity contribution in [1.29, 1.82) is 0 Å². The molecule has 2 heteroatoms. The second-order valence-corrected chi connectivity index (χ2v) is 4.05. The first kappa shape index (κ1) is 7.73. The molecule has 1 fully saturated rings. The lowest BCUT2D eigenvalue weighted by Crippen LogP contribution is -2.37. The topological polar surface area (TPSA) is 43.1 Å². The Kier molecular flexibility index (Phi) is 1.82. The molecular weight excluding hydrogens is 126 g/mol. The van der Waals surface area contributed by atoms with E-state index in [1.165, 1.54) is 0 Å². The Labute approximate surface area is 61.8 Å². The molecule has 1 saturated carbocycles. The molecule has 2 N–H and O–H groups in total. The van der Waals surface area contributed by atoms with E-state index in [0.717, 1.165) is 6.42 Å². The maximum atomic E-state index is 11.0. The lowest BCUT2D eigenvalue weighted by molar-refractivity contribution is -0.123. The van der Waals surface area contributed by atoms with Gasteiger partial charge in [0.25, 0.3) is 0 Å². The van der Waals surface area contributed by atoms with Gasteiger partial charge in [-0.1, -0.05) is 13.8 Å². The minimum Gasteiger partial charge on any atom is -0.327 e. The van der Waals surface area contributed by atoms with E-state index in [0.29, 0.717) is 18.6 Å². The molecule has 10 heavy (non-hydrogen) atoms. The van der Waals surface area contributed by atoms with Crippen LogP contribution in [0.3, 0.4) is 0 Å². The number of carbonyl (C=O) groups is 1. The number of ketones is 1. The van der Waals surface area contributed by atoms with Crippen molar-refractivity contribution in [2.45, 2.75) is 39.2 Å². The Balaban J connectivity index is 2.59. The first-order valence-electron chi connectivity index (χ1n) is 3.77. The van der Waals surface area contributed by atoms with Crippen LogP contribution in [-0.2, 0) is 4.79 Å². The summed E-state index contributed by atoms with van der Waals surface area (Å²) in [6.45, 7) is 4.20. The van der Waals surface area contributed by atoms with Crippen molar-refractivity contribution in [2.75, 3.05) is 0 Å². The fourth-order valence-electron chi connectivity index (χ4n) is 1.75. The van der Waals surface area contributed by atoms with E-state index in [9.17, 15) is 4.79 Å². The van der Waals surface area contributed by atoms with Gasteiger partial charge in [-0.05, 0) is 11.8 Å². The molecule has 1 aliphatic carbocycles. The number of carbonyl (C=O) groups excluding carboxylic acids is 1. The number of nitrogens with two attached hydrogens (primary N) is 1. The third kappa shape index (κ3) is 1.81. The van der Waals surface area contributed by atoms with Gasteiger partial charge < -0.3 is 5.73 Å². The van der Waals surface area contributed by atoms with E-state index < -0.39 is 0 Å². The van der Waals surface area contributed by atoms with Crippen molar-refractivity contribution in [3.8, 4) is 0 Å². The van der Waals surface area contributed by atoms with Crippen LogP contribution >= 0.6 is 0 Å². The summed E-state index contributed by atoms with van der Waals surface area (Å²) < 4.78 is 0. The quantitative estimate of drug-likeness (QED) is 0.548. The smallest absolute Gasteiger partial charge is 0.134 e. The first-order valence-corrected chi connectivity index (χ1v) is 3.77. The maximum absolute atomic E-state index is 11.0. The lowest BCUT2D eigenvalue weighted by atomic mass is 9.75. The van der Waals surface area contributed by atoms with Crippen LogP contribution in [0.2, 0.25) is 0 Å². The molecule has 0 aromatic carbocycles. The highest BCUT2D eigenvalue weighted by Gasteiger charge is 2.30. The second-order valence-electron chi connectivity index (χ2n) is 4.05. The third-order valence-electron chi connectivity index (χ3n) is 1.98. The minimum absolute atomic E-state index is 0.108. The molecule has 0 heterocycles. The molecule has 1 atom stereocenters. The van der Waals surface area contributed by atoms with Gasteiger partial charge in [-0.2, -0.15) is 0 Å². The van der Waals surface area contributed by atoms with Crippen molar-refractivity contribution in [1.82, 2.24) is 0 Å². The first-order chi connectivity index (χ1) is 4.49. The van der Waals surface area contributed by atoms with Gasteiger partial charge in [-0.3, -0.25) is 4.79 Å². The Morgan fingerprint density at radius 3 is 2.60 bits per heavy atom. The molecule has 0 amide bonds. The Hall–Kier alpha value is -0.370. The molecule has 2 nitrogen and oxygen atoms in total. The number of rotatable bonds is 0. The van der Waals surface area contributed by atoms with E-state index in [2.05, 4.69) is 13.8 Å². The zero-order valence-corrected chi connectivity index (χ0v) is 6.68. The predicted molar refractivity (Wildman–Crippen MR) is 40.6 cm³/mol. The van der Waals surface area contributed by atoms with Crippen LogP contribution in [0.25, 0.3) is 0 Å². The molecular formula is C8H15NO. The van der Waals surface area contributed by atoms with E-state index in [4.69, 9.17) is 5.73 Å². The third-order valence-corrected chi connectivity index (χ3v) is 1.98. The molecule has 58 valence electrons. The molecule has 1 rings (SSSR count). The molecule has 0 unspecified atom stereocenters. The predicted octanol–water partition coefficient (Wildman–Crippen LogP) is 1.09. The number of hydrogen-bond acceptors (Lipinski definition) is 2. The summed E-state index contributed by atoms with van der Waals surface area (Å²) in [4.78, 5) is 11.0. The Morgan fingerprint density at radius 2 is 2.20 bits per heavy atom. The van der Waals surface area contributed by atoms with Gasteiger partial charge in [-0.15, -0.1) is 0 Å². The summed E-state index contributed by atoms with van der Waals surface area (Å²) in [7, 11) is 0. The zero-order valence-electron chi connectivity index (χ0n) is 6.68. The van der Waals surface area contributed by atoms with E-state index in [1.807, 2.05) is 0 Å². The molecule has 0 saturated heterocycles. The van der Waals surface area contributed by atoms with Crippen molar-refractivity contribution in [2.24, 2.45) is 11.1 Å². The van der Waals surface area contributed by atoms with Crippen molar-refractivity contribution < 1.29 is 4.79 Å². The highest BCUT2D eigenvalue weighted by molar-refractivity contribution is 5.80. The Bertz CT molecular complexity index is 151. The summed E-state index contributed by atoms with van der Waals surface area (Å²) in [5.74, 6) is 0.323. The van der Waals surface area contributed by atoms with Crippen LogP contribution in [0.5, 0.6) is 0 Å². The van der Waals surface area contributed by atoms with Gasteiger partial charge in [0.2, 0.25) is 0 Å². The van der Waals surface area contributed by atoms with Gasteiger partial charge in [0, 0.05) is 18.9 Å². The minimum atomic E-state index is 0.108. The summed E-state index contributed by atoms with van der Waals surface area (Å²) in [5, 5.41) is 0. The van der Waals surface area contributed by atoms with Crippen molar-refractivity contribution in [3.63, 3.8) is 0 Å². The highest BCUT2D eigenvalue weighted by Crippen LogP contribution is 2.32. The maximum Gasteiger partial charge on any atom is 0.134 e. The highest BCUT2D eigenvalue weighted by atomic mass is 16.1. The summed E-state index contributed by atoms with van der Waals surface area (Å²) >= 11 is 0. The van der Waals surface area contributed by atoms with Crippen LogP contribution in [0.15, 0.2) is 0 Å². The average molecular weight is 141 g/mol. The van der Waals surface area contributed by atoms with Crippen LogP contribution in [0.4, 0.5) is 0 Å². The van der Waals surface area contributed by atoms with Crippen LogP contribution in [0, 0.1) is 5.41 Å². The second kappa shape index (κ2) is 2.35. The lowest BCUT2D eigenvalue weighted by Gasteiger charge is -2.32. The number of Topliss-reactive ketones (excluding diaryl/α,β-unsaturated/α-hetero) is 1. The van der Waals surface area contributed by atoms with E-state index in [-0.39, 0.29) is 11.5 Å². The van der Waals surface area contributed by atoms with Gasteiger partial charge in [-0.25, -0.2) is 0 Å². The standard InChI is InChI=1S/C8H15NO/c1-8(2)4-6(9)3-7(10)5-8/h6H,3-5,9H2,1-2H3/t6-/m1/s1. The fraction of sp³-hybridized carbons (Fsp3) is 0.875. The molecule has 0 aromatic rings. The summed E-state index contributed by atoms with van der Waals surface area (Å²) in [6, 6.07) is 0.108. The molecule has 1 aliphatic rings. The fourth-order valence-corrected chi connectivity index (χ4v) is 1.75. The normalized spacial score (nSPS) is 32.3. The molecule has 0 spiro atoms.